The van der Waals surface area contributed by atoms with Crippen molar-refractivity contribution in [3.05, 3.63) is 59.7 Å². The molecule has 0 aliphatic rings. The van der Waals surface area contributed by atoms with E-state index in [1.807, 2.05) is 13.0 Å². The van der Waals surface area contributed by atoms with E-state index in [1.165, 1.54) is 4.31 Å². The highest BCUT2D eigenvalue weighted by atomic mass is 32.2. The largest absolute Gasteiger partial charge is 0.462 e. The molecule has 0 unspecified atom stereocenters. The Hall–Kier alpha value is -2.87. The number of hydrogen-bond acceptors (Lipinski definition) is 5. The zero-order valence-electron chi connectivity index (χ0n) is 16.8. The van der Waals surface area contributed by atoms with E-state index in [-0.39, 0.29) is 25.5 Å². The molecule has 0 bridgehead atoms. The van der Waals surface area contributed by atoms with Crippen molar-refractivity contribution in [2.24, 2.45) is 0 Å². The van der Waals surface area contributed by atoms with Gasteiger partial charge in [-0.2, -0.15) is 0 Å². The van der Waals surface area contributed by atoms with Gasteiger partial charge in [-0.05, 0) is 50.1 Å². The van der Waals surface area contributed by atoms with Crippen LogP contribution < -0.4 is 9.62 Å². The summed E-state index contributed by atoms with van der Waals surface area (Å²) in [7, 11) is -3.45. The molecule has 0 spiro atoms. The Kier molecular flexibility index (Phi) is 7.78. The molecule has 2 aromatic rings. The predicted octanol–water partition coefficient (Wildman–Crippen LogP) is 3.36. The molecule has 2 rings (SSSR count). The van der Waals surface area contributed by atoms with Gasteiger partial charge in [0.15, 0.2) is 0 Å². The molecular weight excluding hydrogens is 392 g/mol. The first-order valence-corrected chi connectivity index (χ1v) is 11.2. The molecule has 0 saturated carbocycles. The Balaban J connectivity index is 1.99. The van der Waals surface area contributed by atoms with Crippen LogP contribution in [0.2, 0.25) is 0 Å². The minimum atomic E-state index is -3.45. The van der Waals surface area contributed by atoms with Gasteiger partial charge < -0.3 is 10.1 Å². The normalized spacial score (nSPS) is 11.0. The van der Waals surface area contributed by atoms with E-state index in [9.17, 15) is 18.0 Å². The number of rotatable bonds is 9. The van der Waals surface area contributed by atoms with Crippen molar-refractivity contribution >= 4 is 33.3 Å². The Labute approximate surface area is 171 Å². The fourth-order valence-corrected chi connectivity index (χ4v) is 3.74. The number of amides is 1. The van der Waals surface area contributed by atoms with Gasteiger partial charge in [0.1, 0.15) is 0 Å². The summed E-state index contributed by atoms with van der Waals surface area (Å²) in [5, 5.41) is 2.79. The van der Waals surface area contributed by atoms with E-state index < -0.39 is 16.0 Å². The molecule has 0 atom stereocenters. The van der Waals surface area contributed by atoms with E-state index in [1.54, 1.807) is 49.4 Å². The summed E-state index contributed by atoms with van der Waals surface area (Å²) in [5.41, 5.74) is 2.27. The minimum Gasteiger partial charge on any atom is -0.462 e. The number of nitrogens with one attached hydrogen (secondary N) is 1. The molecule has 7 nitrogen and oxygen atoms in total. The van der Waals surface area contributed by atoms with Gasteiger partial charge in [-0.3, -0.25) is 9.10 Å². The quantitative estimate of drug-likeness (QED) is 0.631. The van der Waals surface area contributed by atoms with Crippen molar-refractivity contribution < 1.29 is 22.7 Å². The fourth-order valence-electron chi connectivity index (χ4n) is 2.77. The lowest BCUT2D eigenvalue weighted by atomic mass is 10.1. The Morgan fingerprint density at radius 3 is 2.41 bits per heavy atom. The van der Waals surface area contributed by atoms with E-state index >= 15 is 0 Å². The maximum atomic E-state index is 12.3. The van der Waals surface area contributed by atoms with E-state index in [4.69, 9.17) is 4.74 Å². The van der Waals surface area contributed by atoms with Crippen LogP contribution in [0.15, 0.2) is 48.5 Å². The van der Waals surface area contributed by atoms with Gasteiger partial charge in [0.2, 0.25) is 15.9 Å². The summed E-state index contributed by atoms with van der Waals surface area (Å²) in [6.07, 6.45) is 1.64. The van der Waals surface area contributed by atoms with Crippen molar-refractivity contribution in [3.63, 3.8) is 0 Å². The fraction of sp³-hybridized carbons (Fsp3) is 0.333. The third kappa shape index (κ3) is 6.60. The third-order valence-electron chi connectivity index (χ3n) is 4.23. The van der Waals surface area contributed by atoms with Crippen LogP contribution in [-0.4, -0.2) is 39.7 Å². The molecule has 2 aromatic carbocycles. The van der Waals surface area contributed by atoms with Crippen molar-refractivity contribution in [2.75, 3.05) is 29.0 Å². The zero-order valence-corrected chi connectivity index (χ0v) is 17.7. The van der Waals surface area contributed by atoms with Crippen molar-refractivity contribution in [1.82, 2.24) is 0 Å². The number of nitrogens with zero attached hydrogens (tertiary/aromatic N) is 1. The number of esters is 1. The number of carbonyl (C=O) groups is 2. The van der Waals surface area contributed by atoms with Crippen LogP contribution in [0.1, 0.15) is 35.7 Å². The number of anilines is 2. The molecule has 0 heterocycles. The second kappa shape index (κ2) is 10.1. The van der Waals surface area contributed by atoms with Crippen LogP contribution in [0.4, 0.5) is 11.4 Å². The smallest absolute Gasteiger partial charge is 0.338 e. The number of carbonyl (C=O) groups excluding carboxylic acids is 2. The molecule has 0 aliphatic carbocycles. The van der Waals surface area contributed by atoms with Crippen LogP contribution in [0.3, 0.4) is 0 Å². The molecule has 0 radical (unpaired) electrons. The first-order chi connectivity index (χ1) is 13.7. The average Bonchev–Trinajstić information content (AvgIpc) is 2.67. The van der Waals surface area contributed by atoms with Gasteiger partial charge in [0.25, 0.3) is 0 Å². The molecule has 156 valence electrons. The summed E-state index contributed by atoms with van der Waals surface area (Å²) >= 11 is 0. The van der Waals surface area contributed by atoms with Crippen molar-refractivity contribution in [3.8, 4) is 0 Å². The van der Waals surface area contributed by atoms with Gasteiger partial charge in [-0.1, -0.05) is 24.3 Å². The SMILES string of the molecule is CCOC(=O)c1ccc(C)c(NC(=O)CCCN(c2ccccc2)S(C)(=O)=O)c1. The number of para-hydroxylation sites is 1. The highest BCUT2D eigenvalue weighted by molar-refractivity contribution is 7.92. The molecule has 29 heavy (non-hydrogen) atoms. The van der Waals surface area contributed by atoms with E-state index in [0.29, 0.717) is 23.4 Å². The van der Waals surface area contributed by atoms with Gasteiger partial charge in [-0.15, -0.1) is 0 Å². The Morgan fingerprint density at radius 1 is 1.10 bits per heavy atom. The van der Waals surface area contributed by atoms with Crippen LogP contribution in [0.25, 0.3) is 0 Å². The minimum absolute atomic E-state index is 0.141. The maximum absolute atomic E-state index is 12.3. The standard InChI is InChI=1S/C21H26N2O5S/c1-4-28-21(25)17-13-12-16(2)19(15-17)22-20(24)11-8-14-23(29(3,26)27)18-9-6-5-7-10-18/h5-7,9-10,12-13,15H,4,8,11,14H2,1-3H3,(H,22,24). The lowest BCUT2D eigenvalue weighted by Crippen LogP contribution is -2.31. The molecule has 8 heteroatoms. The van der Waals surface area contributed by atoms with Gasteiger partial charge in [-0.25, -0.2) is 13.2 Å². The van der Waals surface area contributed by atoms with Crippen molar-refractivity contribution in [2.45, 2.75) is 26.7 Å². The second-order valence-electron chi connectivity index (χ2n) is 6.57. The van der Waals surface area contributed by atoms with E-state index in [2.05, 4.69) is 5.32 Å². The molecule has 1 N–H and O–H groups in total. The Bertz CT molecular complexity index is 958. The molecule has 0 saturated heterocycles. The molecular formula is C21H26N2O5S. The number of hydrogen-bond donors (Lipinski definition) is 1. The zero-order chi connectivity index (χ0) is 21.4. The van der Waals surface area contributed by atoms with Crippen LogP contribution in [0.5, 0.6) is 0 Å². The first-order valence-electron chi connectivity index (χ1n) is 9.32. The summed E-state index contributed by atoms with van der Waals surface area (Å²) in [6.45, 7) is 4.01. The highest BCUT2D eigenvalue weighted by Gasteiger charge is 2.17. The number of sulfonamides is 1. The first kappa shape index (κ1) is 22.4. The topological polar surface area (TPSA) is 92.8 Å². The Morgan fingerprint density at radius 2 is 1.79 bits per heavy atom. The summed E-state index contributed by atoms with van der Waals surface area (Å²) in [5.74, 6) is -0.703. The predicted molar refractivity (Wildman–Crippen MR) is 114 cm³/mol. The lowest BCUT2D eigenvalue weighted by Gasteiger charge is -2.22. The average molecular weight is 419 g/mol. The maximum Gasteiger partial charge on any atom is 0.338 e. The van der Waals surface area contributed by atoms with Gasteiger partial charge >= 0.3 is 5.97 Å². The number of aryl methyl sites for hydroxylation is 1. The highest BCUT2D eigenvalue weighted by Crippen LogP contribution is 2.20. The molecule has 1 amide bonds. The second-order valence-corrected chi connectivity index (χ2v) is 8.48. The monoisotopic (exact) mass is 418 g/mol. The third-order valence-corrected chi connectivity index (χ3v) is 5.43. The molecule has 0 aromatic heterocycles. The summed E-state index contributed by atoms with van der Waals surface area (Å²) in [6, 6.07) is 13.7. The van der Waals surface area contributed by atoms with Crippen LogP contribution >= 0.6 is 0 Å². The van der Waals surface area contributed by atoms with Crippen LogP contribution in [-0.2, 0) is 19.6 Å². The van der Waals surface area contributed by atoms with Gasteiger partial charge in [0, 0.05) is 18.7 Å². The number of ether oxygens (including phenoxy) is 1. The van der Waals surface area contributed by atoms with E-state index in [0.717, 1.165) is 11.8 Å². The number of benzene rings is 2. The lowest BCUT2D eigenvalue weighted by molar-refractivity contribution is -0.116. The summed E-state index contributed by atoms with van der Waals surface area (Å²) in [4.78, 5) is 24.2. The van der Waals surface area contributed by atoms with Crippen LogP contribution in [0, 0.1) is 6.92 Å². The molecule has 0 aliphatic heterocycles. The van der Waals surface area contributed by atoms with Gasteiger partial charge in [0.05, 0.1) is 24.1 Å². The van der Waals surface area contributed by atoms with Crippen molar-refractivity contribution in [1.29, 1.82) is 0 Å². The summed E-state index contributed by atoms with van der Waals surface area (Å²) < 4.78 is 30.4. The molecule has 0 fully saturated rings.